The fraction of sp³-hybridized carbons (Fsp3) is 0.533. The summed E-state index contributed by atoms with van der Waals surface area (Å²) in [6.07, 6.45) is 3.95. The van der Waals surface area contributed by atoms with Gasteiger partial charge in [0.15, 0.2) is 0 Å². The first-order valence-corrected chi connectivity index (χ1v) is 6.14. The largest absolute Gasteiger partial charge is 0.299 e. The second-order valence-electron chi connectivity index (χ2n) is 5.24. The van der Waals surface area contributed by atoms with E-state index in [1.807, 2.05) is 0 Å². The van der Waals surface area contributed by atoms with Gasteiger partial charge in [0, 0.05) is 12.8 Å². The molecule has 1 fully saturated rings. The van der Waals surface area contributed by atoms with E-state index in [-0.39, 0.29) is 0 Å². The molecule has 16 heavy (non-hydrogen) atoms. The van der Waals surface area contributed by atoms with E-state index in [1.54, 1.807) is 0 Å². The maximum Gasteiger partial charge on any atom is 0.137 e. The van der Waals surface area contributed by atoms with Crippen molar-refractivity contribution in [3.05, 3.63) is 34.4 Å². The highest BCUT2D eigenvalue weighted by molar-refractivity contribution is 5.82. The zero-order valence-electron chi connectivity index (χ0n) is 10.5. The van der Waals surface area contributed by atoms with Crippen LogP contribution in [0.25, 0.3) is 0 Å². The summed E-state index contributed by atoms with van der Waals surface area (Å²) >= 11 is 0. The lowest BCUT2D eigenvalue weighted by Crippen LogP contribution is -2.06. The van der Waals surface area contributed by atoms with E-state index in [4.69, 9.17) is 0 Å². The third kappa shape index (κ3) is 2.72. The molecule has 0 amide bonds. The van der Waals surface area contributed by atoms with Gasteiger partial charge in [0.1, 0.15) is 5.78 Å². The number of carbonyl (C=O) groups excluding carboxylic acids is 1. The number of hydrogen-bond donors (Lipinski definition) is 0. The summed E-state index contributed by atoms with van der Waals surface area (Å²) in [5, 5.41) is 0. The van der Waals surface area contributed by atoms with Crippen molar-refractivity contribution in [2.45, 2.75) is 46.5 Å². The monoisotopic (exact) mass is 216 g/mol. The van der Waals surface area contributed by atoms with Gasteiger partial charge in [-0.2, -0.15) is 0 Å². The van der Waals surface area contributed by atoms with Gasteiger partial charge in [0.25, 0.3) is 0 Å². The van der Waals surface area contributed by atoms with Crippen LogP contribution in [0.15, 0.2) is 12.1 Å². The first kappa shape index (κ1) is 11.4. The zero-order chi connectivity index (χ0) is 11.7. The molecule has 1 heteroatoms. The van der Waals surface area contributed by atoms with Gasteiger partial charge >= 0.3 is 0 Å². The highest BCUT2D eigenvalue weighted by atomic mass is 16.1. The Kier molecular flexibility index (Phi) is 3.13. The Labute approximate surface area is 97.9 Å². The number of ketones is 1. The number of rotatable bonds is 4. The Hall–Kier alpha value is -1.11. The Bertz CT molecular complexity index is 390. The molecule has 1 saturated carbocycles. The van der Waals surface area contributed by atoms with Gasteiger partial charge in [-0.3, -0.25) is 4.79 Å². The lowest BCUT2D eigenvalue weighted by Gasteiger charge is -2.10. The van der Waals surface area contributed by atoms with E-state index in [0.29, 0.717) is 18.1 Å². The molecule has 2 rings (SSSR count). The summed E-state index contributed by atoms with van der Waals surface area (Å²) in [7, 11) is 0. The van der Waals surface area contributed by atoms with Gasteiger partial charge < -0.3 is 0 Å². The minimum atomic E-state index is 0.414. The van der Waals surface area contributed by atoms with Crippen molar-refractivity contribution in [2.75, 3.05) is 0 Å². The van der Waals surface area contributed by atoms with E-state index in [1.165, 1.54) is 35.1 Å². The molecule has 0 radical (unpaired) electrons. The van der Waals surface area contributed by atoms with E-state index in [9.17, 15) is 4.79 Å². The standard InChI is InChI=1S/C15H20O/c1-10-6-11(2)15(12(3)7-10)9-14(16)8-13-4-5-13/h6-7,13H,4-5,8-9H2,1-3H3. The molecule has 1 aliphatic rings. The molecule has 0 bridgehead atoms. The van der Waals surface area contributed by atoms with Crippen molar-refractivity contribution >= 4 is 5.78 Å². The average Bonchev–Trinajstić information content (AvgIpc) is 2.95. The quantitative estimate of drug-likeness (QED) is 0.752. The van der Waals surface area contributed by atoms with Crippen LogP contribution in [0.2, 0.25) is 0 Å². The zero-order valence-corrected chi connectivity index (χ0v) is 10.5. The van der Waals surface area contributed by atoms with E-state index >= 15 is 0 Å². The van der Waals surface area contributed by atoms with Crippen molar-refractivity contribution in [1.29, 1.82) is 0 Å². The molecule has 1 aromatic rings. The minimum absolute atomic E-state index is 0.414. The van der Waals surface area contributed by atoms with Crippen LogP contribution in [0.3, 0.4) is 0 Å². The number of Topliss-reactive ketones (excluding diaryl/α,β-unsaturated/α-hetero) is 1. The molecule has 1 aliphatic carbocycles. The number of hydrogen-bond acceptors (Lipinski definition) is 1. The predicted octanol–water partition coefficient (Wildman–Crippen LogP) is 3.52. The summed E-state index contributed by atoms with van der Waals surface area (Å²) in [5.74, 6) is 1.12. The SMILES string of the molecule is Cc1cc(C)c(CC(=O)CC2CC2)c(C)c1. The van der Waals surface area contributed by atoms with E-state index in [2.05, 4.69) is 32.9 Å². The predicted molar refractivity (Wildman–Crippen MR) is 66.7 cm³/mol. The molecular weight excluding hydrogens is 196 g/mol. The van der Waals surface area contributed by atoms with Crippen LogP contribution in [-0.4, -0.2) is 5.78 Å². The lowest BCUT2D eigenvalue weighted by molar-refractivity contribution is -0.118. The molecule has 0 atom stereocenters. The van der Waals surface area contributed by atoms with Crippen LogP contribution in [0.5, 0.6) is 0 Å². The summed E-state index contributed by atoms with van der Waals surface area (Å²) in [4.78, 5) is 11.9. The molecule has 0 aliphatic heterocycles. The summed E-state index contributed by atoms with van der Waals surface area (Å²) in [6, 6.07) is 4.35. The number of benzene rings is 1. The topological polar surface area (TPSA) is 17.1 Å². The van der Waals surface area contributed by atoms with Gasteiger partial charge in [-0.05, 0) is 56.2 Å². The van der Waals surface area contributed by atoms with Crippen molar-refractivity contribution < 1.29 is 4.79 Å². The number of aryl methyl sites for hydroxylation is 3. The van der Waals surface area contributed by atoms with Crippen LogP contribution < -0.4 is 0 Å². The summed E-state index contributed by atoms with van der Waals surface area (Å²) in [5.41, 5.74) is 5.06. The second kappa shape index (κ2) is 4.40. The minimum Gasteiger partial charge on any atom is -0.299 e. The van der Waals surface area contributed by atoms with Crippen molar-refractivity contribution in [3.63, 3.8) is 0 Å². The Morgan fingerprint density at radius 3 is 2.25 bits per heavy atom. The van der Waals surface area contributed by atoms with Crippen LogP contribution in [0, 0.1) is 26.7 Å². The highest BCUT2D eigenvalue weighted by Crippen LogP contribution is 2.33. The Morgan fingerprint density at radius 1 is 1.19 bits per heavy atom. The molecular formula is C15H20O. The van der Waals surface area contributed by atoms with Crippen molar-refractivity contribution in [1.82, 2.24) is 0 Å². The summed E-state index contributed by atoms with van der Waals surface area (Å²) in [6.45, 7) is 6.33. The molecule has 0 aromatic heterocycles. The Balaban J connectivity index is 2.10. The maximum absolute atomic E-state index is 11.9. The smallest absolute Gasteiger partial charge is 0.137 e. The fourth-order valence-corrected chi connectivity index (χ4v) is 2.40. The van der Waals surface area contributed by atoms with Crippen LogP contribution >= 0.6 is 0 Å². The van der Waals surface area contributed by atoms with Crippen LogP contribution in [0.1, 0.15) is 41.5 Å². The molecule has 0 heterocycles. The first-order valence-electron chi connectivity index (χ1n) is 6.14. The van der Waals surface area contributed by atoms with Crippen LogP contribution in [0.4, 0.5) is 0 Å². The molecule has 1 aromatic carbocycles. The van der Waals surface area contributed by atoms with Gasteiger partial charge in [-0.25, -0.2) is 0 Å². The third-order valence-corrected chi connectivity index (χ3v) is 3.43. The highest BCUT2D eigenvalue weighted by Gasteiger charge is 2.24. The first-order chi connectivity index (χ1) is 7.56. The second-order valence-corrected chi connectivity index (χ2v) is 5.24. The normalized spacial score (nSPS) is 15.2. The van der Waals surface area contributed by atoms with E-state index < -0.39 is 0 Å². The lowest BCUT2D eigenvalue weighted by atomic mass is 9.94. The molecule has 0 spiro atoms. The molecule has 0 saturated heterocycles. The molecule has 0 N–H and O–H groups in total. The maximum atomic E-state index is 11.9. The van der Waals surface area contributed by atoms with Gasteiger partial charge in [0.05, 0.1) is 0 Å². The molecule has 0 unspecified atom stereocenters. The van der Waals surface area contributed by atoms with Crippen LogP contribution in [-0.2, 0) is 11.2 Å². The van der Waals surface area contributed by atoms with Gasteiger partial charge in [0.2, 0.25) is 0 Å². The molecule has 1 nitrogen and oxygen atoms in total. The van der Waals surface area contributed by atoms with Gasteiger partial charge in [-0.1, -0.05) is 17.7 Å². The van der Waals surface area contributed by atoms with Gasteiger partial charge in [-0.15, -0.1) is 0 Å². The Morgan fingerprint density at radius 2 is 1.75 bits per heavy atom. The fourth-order valence-electron chi connectivity index (χ4n) is 2.40. The van der Waals surface area contributed by atoms with Crippen molar-refractivity contribution in [2.24, 2.45) is 5.92 Å². The average molecular weight is 216 g/mol. The third-order valence-electron chi connectivity index (χ3n) is 3.43. The molecule has 86 valence electrons. The van der Waals surface area contributed by atoms with Crippen molar-refractivity contribution in [3.8, 4) is 0 Å². The number of carbonyl (C=O) groups is 1. The van der Waals surface area contributed by atoms with E-state index in [0.717, 1.165) is 6.42 Å². The summed E-state index contributed by atoms with van der Waals surface area (Å²) < 4.78 is 0.